The number of hydrogen-bond donors (Lipinski definition) is 3. The van der Waals surface area contributed by atoms with Crippen LogP contribution in [0.4, 0.5) is 11.8 Å². The monoisotopic (exact) mass is 321 g/mol. The minimum absolute atomic E-state index is 0.209. The quantitative estimate of drug-likeness (QED) is 0.518. The Labute approximate surface area is 137 Å². The lowest BCUT2D eigenvalue weighted by Crippen LogP contribution is -2.07. The van der Waals surface area contributed by atoms with Crippen LogP contribution in [0.2, 0.25) is 0 Å². The predicted octanol–water partition coefficient (Wildman–Crippen LogP) is 1.34. The fraction of sp³-hybridized carbons (Fsp3) is 0.133. The van der Waals surface area contributed by atoms with Crippen molar-refractivity contribution in [1.29, 1.82) is 0 Å². The first-order chi connectivity index (χ1) is 11.7. The van der Waals surface area contributed by atoms with Gasteiger partial charge < -0.3 is 11.1 Å². The lowest BCUT2D eigenvalue weighted by molar-refractivity contribution is 0.747. The molecule has 120 valence electrons. The van der Waals surface area contributed by atoms with E-state index in [1.54, 1.807) is 17.2 Å². The number of fused-ring (bicyclic) bond motifs is 1. The second kappa shape index (κ2) is 5.61. The van der Waals surface area contributed by atoms with Gasteiger partial charge in [-0.15, -0.1) is 0 Å². The van der Waals surface area contributed by atoms with Gasteiger partial charge in [0.2, 0.25) is 5.95 Å². The molecular weight excluding hydrogens is 306 g/mol. The van der Waals surface area contributed by atoms with Crippen LogP contribution in [0.5, 0.6) is 0 Å². The Hall–Kier alpha value is -3.49. The van der Waals surface area contributed by atoms with Crippen LogP contribution in [0.3, 0.4) is 0 Å². The van der Waals surface area contributed by atoms with Crippen molar-refractivity contribution < 1.29 is 0 Å². The van der Waals surface area contributed by atoms with Crippen LogP contribution in [0, 0.1) is 0 Å². The topological polar surface area (TPSA) is 123 Å². The summed E-state index contributed by atoms with van der Waals surface area (Å²) in [6, 6.07) is 7.79. The van der Waals surface area contributed by atoms with Crippen LogP contribution in [0.1, 0.15) is 5.82 Å². The summed E-state index contributed by atoms with van der Waals surface area (Å²) in [4.78, 5) is 12.8. The van der Waals surface area contributed by atoms with Crippen molar-refractivity contribution >= 4 is 22.7 Å². The van der Waals surface area contributed by atoms with Gasteiger partial charge in [-0.3, -0.25) is 9.78 Å². The summed E-state index contributed by atoms with van der Waals surface area (Å²) in [6.07, 6.45) is 3.36. The molecule has 0 saturated carbocycles. The number of aromatic nitrogens is 7. The van der Waals surface area contributed by atoms with Gasteiger partial charge in [-0.05, 0) is 18.2 Å². The maximum absolute atomic E-state index is 5.85. The van der Waals surface area contributed by atoms with E-state index in [0.717, 1.165) is 22.2 Å². The Morgan fingerprint density at radius 3 is 2.92 bits per heavy atom. The number of nitrogens with two attached hydrogens (primary N) is 1. The minimum Gasteiger partial charge on any atom is -0.368 e. The fourth-order valence-electron chi connectivity index (χ4n) is 2.49. The molecule has 0 atom stereocenters. The highest BCUT2D eigenvalue weighted by atomic mass is 15.3. The number of benzene rings is 1. The van der Waals surface area contributed by atoms with Gasteiger partial charge in [-0.2, -0.15) is 15.2 Å². The molecule has 0 amide bonds. The average Bonchev–Trinajstić information content (AvgIpc) is 3.23. The van der Waals surface area contributed by atoms with E-state index in [1.165, 1.54) is 0 Å². The normalized spacial score (nSPS) is 11.0. The van der Waals surface area contributed by atoms with Crippen LogP contribution >= 0.6 is 0 Å². The average molecular weight is 321 g/mol. The van der Waals surface area contributed by atoms with Gasteiger partial charge in [-0.1, -0.05) is 6.07 Å². The maximum Gasteiger partial charge on any atom is 0.222 e. The third-order valence-electron chi connectivity index (χ3n) is 3.59. The van der Waals surface area contributed by atoms with E-state index < -0.39 is 0 Å². The molecule has 0 radical (unpaired) electrons. The number of rotatable bonds is 4. The maximum atomic E-state index is 5.85. The molecule has 4 rings (SSSR count). The summed E-state index contributed by atoms with van der Waals surface area (Å²) < 4.78 is 1.65. The molecule has 9 heteroatoms. The highest BCUT2D eigenvalue weighted by Crippen LogP contribution is 2.26. The lowest BCUT2D eigenvalue weighted by atomic mass is 10.1. The molecule has 0 saturated heterocycles. The Kier molecular flexibility index (Phi) is 3.30. The molecule has 0 aliphatic carbocycles. The van der Waals surface area contributed by atoms with Crippen molar-refractivity contribution in [3.8, 4) is 11.3 Å². The van der Waals surface area contributed by atoms with E-state index in [-0.39, 0.29) is 5.95 Å². The van der Waals surface area contributed by atoms with E-state index in [9.17, 15) is 0 Å². The molecule has 24 heavy (non-hydrogen) atoms. The molecule has 0 unspecified atom stereocenters. The van der Waals surface area contributed by atoms with E-state index in [0.29, 0.717) is 18.2 Å². The van der Waals surface area contributed by atoms with Crippen molar-refractivity contribution in [3.05, 3.63) is 42.6 Å². The van der Waals surface area contributed by atoms with Crippen LogP contribution in [-0.2, 0) is 13.6 Å². The molecule has 1 aromatic carbocycles. The number of H-pyrrole nitrogens is 1. The first-order valence-electron chi connectivity index (χ1n) is 7.34. The zero-order valence-electron chi connectivity index (χ0n) is 12.9. The second-order valence-corrected chi connectivity index (χ2v) is 5.32. The number of aryl methyl sites for hydroxylation is 1. The summed E-state index contributed by atoms with van der Waals surface area (Å²) in [6.45, 7) is 0.453. The zero-order chi connectivity index (χ0) is 16.5. The molecular formula is C15H15N9. The summed E-state index contributed by atoms with van der Waals surface area (Å²) in [5.74, 6) is 1.54. The molecule has 0 bridgehead atoms. The number of aromatic amines is 1. The molecule has 0 spiro atoms. The molecule has 4 aromatic rings. The smallest absolute Gasteiger partial charge is 0.222 e. The third-order valence-corrected chi connectivity index (χ3v) is 3.59. The largest absolute Gasteiger partial charge is 0.368 e. The van der Waals surface area contributed by atoms with Crippen molar-refractivity contribution in [3.63, 3.8) is 0 Å². The Morgan fingerprint density at radius 2 is 2.17 bits per heavy atom. The summed E-state index contributed by atoms with van der Waals surface area (Å²) >= 11 is 0. The predicted molar refractivity (Wildman–Crippen MR) is 89.9 cm³/mol. The van der Waals surface area contributed by atoms with Crippen LogP contribution in [0.15, 0.2) is 36.8 Å². The van der Waals surface area contributed by atoms with Gasteiger partial charge in [0.05, 0.1) is 17.8 Å². The first kappa shape index (κ1) is 14.1. The summed E-state index contributed by atoms with van der Waals surface area (Å²) in [5, 5.41) is 15.2. The molecule has 3 aromatic heterocycles. The van der Waals surface area contributed by atoms with Gasteiger partial charge in [0, 0.05) is 24.2 Å². The van der Waals surface area contributed by atoms with Crippen molar-refractivity contribution in [1.82, 2.24) is 34.9 Å². The SMILES string of the molecule is Cn1cnc(CNc2nc(N)nc3cc(-c4ccn[nH]4)ccc23)n1. The third kappa shape index (κ3) is 2.62. The highest BCUT2D eigenvalue weighted by Gasteiger charge is 2.09. The Balaban J connectivity index is 1.70. The standard InChI is InChI=1S/C15H15N9/c1-24-8-18-13(23-24)7-17-14-10-3-2-9(11-4-5-19-22-11)6-12(10)20-15(16)21-14/h2-6,8H,7H2,1H3,(H,19,22)(H3,16,17,20,21). The van der Waals surface area contributed by atoms with Crippen LogP contribution < -0.4 is 11.1 Å². The first-order valence-corrected chi connectivity index (χ1v) is 7.34. The number of nitrogens with one attached hydrogen (secondary N) is 2. The highest BCUT2D eigenvalue weighted by molar-refractivity contribution is 5.92. The number of nitrogen functional groups attached to an aromatic ring is 1. The number of anilines is 2. The zero-order valence-corrected chi connectivity index (χ0v) is 12.9. The summed E-state index contributed by atoms with van der Waals surface area (Å²) in [5.41, 5.74) is 8.50. The van der Waals surface area contributed by atoms with Crippen LogP contribution in [0.25, 0.3) is 22.2 Å². The molecule has 3 heterocycles. The van der Waals surface area contributed by atoms with Gasteiger partial charge in [0.15, 0.2) is 5.82 Å². The molecule has 4 N–H and O–H groups in total. The molecule has 0 aliphatic rings. The van der Waals surface area contributed by atoms with Gasteiger partial charge >= 0.3 is 0 Å². The number of hydrogen-bond acceptors (Lipinski definition) is 7. The van der Waals surface area contributed by atoms with Crippen molar-refractivity contribution in [2.24, 2.45) is 7.05 Å². The van der Waals surface area contributed by atoms with Crippen molar-refractivity contribution in [2.45, 2.75) is 6.54 Å². The lowest BCUT2D eigenvalue weighted by Gasteiger charge is -2.09. The van der Waals surface area contributed by atoms with E-state index >= 15 is 0 Å². The minimum atomic E-state index is 0.209. The Bertz CT molecular complexity index is 988. The van der Waals surface area contributed by atoms with Gasteiger partial charge in [0.25, 0.3) is 0 Å². The Morgan fingerprint density at radius 1 is 1.25 bits per heavy atom. The fourth-order valence-corrected chi connectivity index (χ4v) is 2.49. The van der Waals surface area contributed by atoms with Crippen LogP contribution in [-0.4, -0.2) is 34.9 Å². The molecule has 0 aliphatic heterocycles. The van der Waals surface area contributed by atoms with E-state index in [1.807, 2.05) is 31.3 Å². The molecule has 0 fully saturated rings. The molecule has 9 nitrogen and oxygen atoms in total. The van der Waals surface area contributed by atoms with E-state index in [4.69, 9.17) is 5.73 Å². The van der Waals surface area contributed by atoms with Gasteiger partial charge in [0.1, 0.15) is 12.1 Å². The van der Waals surface area contributed by atoms with Crippen molar-refractivity contribution in [2.75, 3.05) is 11.1 Å². The second-order valence-electron chi connectivity index (χ2n) is 5.32. The van der Waals surface area contributed by atoms with Gasteiger partial charge in [-0.25, -0.2) is 9.97 Å². The van der Waals surface area contributed by atoms with E-state index in [2.05, 4.69) is 35.6 Å². The number of nitrogens with zero attached hydrogens (tertiary/aromatic N) is 6. The summed E-state index contributed by atoms with van der Waals surface area (Å²) in [7, 11) is 1.82.